The molecule has 20 heavy (non-hydrogen) atoms. The Bertz CT molecular complexity index is 448. The first kappa shape index (κ1) is 16.2. The summed E-state index contributed by atoms with van der Waals surface area (Å²) in [5.74, 6) is -0.319. The lowest BCUT2D eigenvalue weighted by Crippen LogP contribution is -2.45. The van der Waals surface area contributed by atoms with E-state index in [4.69, 9.17) is 5.73 Å². The quantitative estimate of drug-likeness (QED) is 0.816. The zero-order chi connectivity index (χ0) is 15.1. The lowest BCUT2D eigenvalue weighted by atomic mass is 10.0. The number of carbonyl (C=O) groups excluding carboxylic acids is 2. The summed E-state index contributed by atoms with van der Waals surface area (Å²) in [5.41, 5.74) is 6.89. The molecule has 0 saturated carbocycles. The van der Waals surface area contributed by atoms with Crippen LogP contribution in [0.25, 0.3) is 0 Å². The van der Waals surface area contributed by atoms with Crippen LogP contribution in [0.3, 0.4) is 0 Å². The molecule has 2 atom stereocenters. The van der Waals surface area contributed by atoms with Gasteiger partial charge in [-0.3, -0.25) is 9.59 Å². The second kappa shape index (κ2) is 7.65. The van der Waals surface area contributed by atoms with E-state index in [2.05, 4.69) is 5.32 Å². The van der Waals surface area contributed by atoms with E-state index in [0.717, 1.165) is 5.56 Å². The Morgan fingerprint density at radius 2 is 1.90 bits per heavy atom. The molecule has 2 unspecified atom stereocenters. The molecule has 0 aliphatic heterocycles. The molecule has 110 valence electrons. The summed E-state index contributed by atoms with van der Waals surface area (Å²) in [6, 6.07) is 8.55. The first-order valence-electron chi connectivity index (χ1n) is 6.80. The molecule has 0 heterocycles. The minimum Gasteiger partial charge on any atom is -0.345 e. The van der Waals surface area contributed by atoms with E-state index in [1.54, 1.807) is 18.9 Å². The molecule has 0 bridgehead atoms. The van der Waals surface area contributed by atoms with Gasteiger partial charge in [0.2, 0.25) is 11.8 Å². The van der Waals surface area contributed by atoms with Crippen LogP contribution in [0.4, 0.5) is 0 Å². The molecule has 5 heteroatoms. The summed E-state index contributed by atoms with van der Waals surface area (Å²) in [6.07, 6.45) is 0.164. The Balaban J connectivity index is 2.49. The van der Waals surface area contributed by atoms with Gasteiger partial charge in [0.15, 0.2) is 0 Å². The highest BCUT2D eigenvalue weighted by Gasteiger charge is 2.19. The molecule has 0 radical (unpaired) electrons. The minimum absolute atomic E-state index is 0.103. The predicted octanol–water partition coefficient (Wildman–Crippen LogP) is 1.06. The van der Waals surface area contributed by atoms with Crippen molar-refractivity contribution in [2.45, 2.75) is 32.4 Å². The van der Waals surface area contributed by atoms with Gasteiger partial charge in [-0.05, 0) is 19.4 Å². The van der Waals surface area contributed by atoms with Crippen LogP contribution < -0.4 is 11.1 Å². The molecular weight excluding hydrogens is 254 g/mol. The molecule has 0 fully saturated rings. The number of nitrogens with two attached hydrogens (primary N) is 1. The van der Waals surface area contributed by atoms with Crippen molar-refractivity contribution in [1.82, 2.24) is 10.2 Å². The van der Waals surface area contributed by atoms with Gasteiger partial charge >= 0.3 is 0 Å². The van der Waals surface area contributed by atoms with E-state index in [1.807, 2.05) is 37.3 Å². The zero-order valence-corrected chi connectivity index (χ0v) is 12.3. The number of carbonyl (C=O) groups is 2. The highest BCUT2D eigenvalue weighted by atomic mass is 16.2. The Hall–Kier alpha value is -1.88. The SMILES string of the molecule is CCN(C)C(=O)C(C)NC(=O)CC(N)c1ccccc1. The largest absolute Gasteiger partial charge is 0.345 e. The summed E-state index contributed by atoms with van der Waals surface area (Å²) in [5, 5.41) is 2.69. The maximum absolute atomic E-state index is 11.9. The molecule has 0 aliphatic carbocycles. The molecule has 1 aromatic carbocycles. The van der Waals surface area contributed by atoms with Gasteiger partial charge in [0.05, 0.1) is 0 Å². The van der Waals surface area contributed by atoms with Gasteiger partial charge in [0.25, 0.3) is 0 Å². The molecule has 1 aromatic rings. The minimum atomic E-state index is -0.532. The summed E-state index contributed by atoms with van der Waals surface area (Å²) in [6.45, 7) is 4.18. The second-order valence-electron chi connectivity index (χ2n) is 4.86. The van der Waals surface area contributed by atoms with Crippen molar-refractivity contribution in [2.75, 3.05) is 13.6 Å². The van der Waals surface area contributed by atoms with Crippen molar-refractivity contribution in [1.29, 1.82) is 0 Å². The number of nitrogens with zero attached hydrogens (tertiary/aromatic N) is 1. The summed E-state index contributed by atoms with van der Waals surface area (Å²) in [4.78, 5) is 25.3. The van der Waals surface area contributed by atoms with Crippen molar-refractivity contribution in [3.05, 3.63) is 35.9 Å². The van der Waals surface area contributed by atoms with Gasteiger partial charge in [-0.2, -0.15) is 0 Å². The van der Waals surface area contributed by atoms with Crippen molar-refractivity contribution in [2.24, 2.45) is 5.73 Å². The van der Waals surface area contributed by atoms with Crippen LogP contribution in [0.5, 0.6) is 0 Å². The van der Waals surface area contributed by atoms with Crippen LogP contribution in [-0.4, -0.2) is 36.3 Å². The third-order valence-electron chi connectivity index (χ3n) is 3.23. The molecule has 0 aromatic heterocycles. The van der Waals surface area contributed by atoms with Crippen LogP contribution in [0.1, 0.15) is 31.9 Å². The molecule has 2 amide bonds. The van der Waals surface area contributed by atoms with Crippen LogP contribution in [0, 0.1) is 0 Å². The van der Waals surface area contributed by atoms with Gasteiger partial charge in [0.1, 0.15) is 6.04 Å². The first-order chi connectivity index (χ1) is 9.45. The normalized spacial score (nSPS) is 13.4. The maximum Gasteiger partial charge on any atom is 0.244 e. The number of nitrogens with one attached hydrogen (secondary N) is 1. The number of benzene rings is 1. The average Bonchev–Trinajstić information content (AvgIpc) is 2.46. The van der Waals surface area contributed by atoms with E-state index >= 15 is 0 Å². The van der Waals surface area contributed by atoms with Crippen LogP contribution in [-0.2, 0) is 9.59 Å². The topological polar surface area (TPSA) is 75.4 Å². The summed E-state index contributed by atoms with van der Waals surface area (Å²) in [7, 11) is 1.71. The van der Waals surface area contributed by atoms with Crippen molar-refractivity contribution < 1.29 is 9.59 Å². The summed E-state index contributed by atoms with van der Waals surface area (Å²) >= 11 is 0. The average molecular weight is 277 g/mol. The monoisotopic (exact) mass is 277 g/mol. The van der Waals surface area contributed by atoms with Crippen LogP contribution >= 0.6 is 0 Å². The highest BCUT2D eigenvalue weighted by Crippen LogP contribution is 2.13. The number of rotatable bonds is 6. The molecule has 5 nitrogen and oxygen atoms in total. The number of likely N-dealkylation sites (N-methyl/N-ethyl adjacent to an activating group) is 1. The van der Waals surface area contributed by atoms with Gasteiger partial charge < -0.3 is 16.0 Å². The Morgan fingerprint density at radius 3 is 2.45 bits per heavy atom. The van der Waals surface area contributed by atoms with Crippen molar-refractivity contribution >= 4 is 11.8 Å². The third-order valence-corrected chi connectivity index (χ3v) is 3.23. The van der Waals surface area contributed by atoms with Gasteiger partial charge in [0, 0.05) is 26.1 Å². The standard InChI is InChI=1S/C15H23N3O2/c1-4-18(3)15(20)11(2)17-14(19)10-13(16)12-8-6-5-7-9-12/h5-9,11,13H,4,10,16H2,1-3H3,(H,17,19). The van der Waals surface area contributed by atoms with E-state index < -0.39 is 6.04 Å². The van der Waals surface area contributed by atoms with Crippen LogP contribution in [0.2, 0.25) is 0 Å². The highest BCUT2D eigenvalue weighted by molar-refractivity contribution is 5.87. The molecule has 0 spiro atoms. The second-order valence-corrected chi connectivity index (χ2v) is 4.86. The van der Waals surface area contributed by atoms with Gasteiger partial charge in [-0.1, -0.05) is 30.3 Å². The number of hydrogen-bond acceptors (Lipinski definition) is 3. The number of hydrogen-bond donors (Lipinski definition) is 2. The first-order valence-corrected chi connectivity index (χ1v) is 6.80. The molecular formula is C15H23N3O2. The fourth-order valence-corrected chi connectivity index (χ4v) is 1.87. The van der Waals surface area contributed by atoms with E-state index in [0.29, 0.717) is 6.54 Å². The van der Waals surface area contributed by atoms with E-state index in [9.17, 15) is 9.59 Å². The smallest absolute Gasteiger partial charge is 0.244 e. The fourth-order valence-electron chi connectivity index (χ4n) is 1.87. The summed E-state index contributed by atoms with van der Waals surface area (Å²) < 4.78 is 0. The molecule has 0 saturated heterocycles. The molecule has 3 N–H and O–H groups in total. The number of amides is 2. The Morgan fingerprint density at radius 1 is 1.30 bits per heavy atom. The predicted molar refractivity (Wildman–Crippen MR) is 78.9 cm³/mol. The molecule has 0 aliphatic rings. The zero-order valence-electron chi connectivity index (χ0n) is 12.3. The molecule has 1 rings (SSSR count). The maximum atomic E-state index is 11.9. The lowest BCUT2D eigenvalue weighted by molar-refractivity contribution is -0.134. The van der Waals surface area contributed by atoms with E-state index in [1.165, 1.54) is 0 Å². The fraction of sp³-hybridized carbons (Fsp3) is 0.467. The Kier molecular flexibility index (Phi) is 6.18. The van der Waals surface area contributed by atoms with Gasteiger partial charge in [-0.15, -0.1) is 0 Å². The van der Waals surface area contributed by atoms with Crippen LogP contribution in [0.15, 0.2) is 30.3 Å². The van der Waals surface area contributed by atoms with Gasteiger partial charge in [-0.25, -0.2) is 0 Å². The van der Waals surface area contributed by atoms with Crippen molar-refractivity contribution in [3.63, 3.8) is 0 Å². The third kappa shape index (κ3) is 4.66. The lowest BCUT2D eigenvalue weighted by Gasteiger charge is -2.21. The van der Waals surface area contributed by atoms with Crippen molar-refractivity contribution in [3.8, 4) is 0 Å². The van der Waals surface area contributed by atoms with E-state index in [-0.39, 0.29) is 24.3 Å². The Labute approximate surface area is 120 Å².